The third-order valence-corrected chi connectivity index (χ3v) is 3.92. The molecule has 104 valence electrons. The molecule has 0 saturated carbocycles. The van der Waals surface area contributed by atoms with Gasteiger partial charge in [-0.1, -0.05) is 11.6 Å². The van der Waals surface area contributed by atoms with Gasteiger partial charge in [0.15, 0.2) is 0 Å². The second-order valence-electron chi connectivity index (χ2n) is 3.97. The van der Waals surface area contributed by atoms with Crippen molar-refractivity contribution in [1.82, 2.24) is 0 Å². The summed E-state index contributed by atoms with van der Waals surface area (Å²) in [5, 5.41) is 0.293. The van der Waals surface area contributed by atoms with Gasteiger partial charge >= 0.3 is 5.97 Å². The second-order valence-corrected chi connectivity index (χ2v) is 5.58. The first-order valence-corrected chi connectivity index (χ1v) is 6.86. The lowest BCUT2D eigenvalue weighted by molar-refractivity contribution is -0.139. The van der Waals surface area contributed by atoms with E-state index in [1.807, 2.05) is 0 Å². The highest BCUT2D eigenvalue weighted by Crippen LogP contribution is 2.23. The van der Waals surface area contributed by atoms with Crippen molar-refractivity contribution >= 4 is 34.7 Å². The topological polar surface area (TPSA) is 43.4 Å². The number of benzene rings is 1. The summed E-state index contributed by atoms with van der Waals surface area (Å²) in [5.41, 5.74) is -0.0797. The van der Waals surface area contributed by atoms with E-state index in [1.54, 1.807) is 12.1 Å². The van der Waals surface area contributed by atoms with Crippen LogP contribution in [0.15, 0.2) is 30.3 Å². The van der Waals surface area contributed by atoms with Gasteiger partial charge in [0.25, 0.3) is 0 Å². The quantitative estimate of drug-likeness (QED) is 0.641. The van der Waals surface area contributed by atoms with Crippen LogP contribution < -0.4 is 0 Å². The van der Waals surface area contributed by atoms with E-state index in [0.29, 0.717) is 14.8 Å². The monoisotopic (exact) mass is 312 g/mol. The molecule has 2 rings (SSSR count). The van der Waals surface area contributed by atoms with Crippen molar-refractivity contribution in [2.75, 3.05) is 7.11 Å². The van der Waals surface area contributed by atoms with Crippen LogP contribution in [-0.4, -0.2) is 18.9 Å². The van der Waals surface area contributed by atoms with Crippen molar-refractivity contribution in [2.45, 2.75) is 6.42 Å². The minimum atomic E-state index is -0.623. The van der Waals surface area contributed by atoms with Gasteiger partial charge in [-0.25, -0.2) is 4.39 Å². The molecular weight excluding hydrogens is 303 g/mol. The van der Waals surface area contributed by atoms with Crippen LogP contribution in [0.4, 0.5) is 4.39 Å². The van der Waals surface area contributed by atoms with Crippen molar-refractivity contribution in [3.8, 4) is 0 Å². The maximum Gasteiger partial charge on any atom is 0.310 e. The van der Waals surface area contributed by atoms with Crippen LogP contribution in [0.1, 0.15) is 20.1 Å². The van der Waals surface area contributed by atoms with Crippen molar-refractivity contribution in [3.63, 3.8) is 0 Å². The van der Waals surface area contributed by atoms with Crippen molar-refractivity contribution in [2.24, 2.45) is 0 Å². The maximum atomic E-state index is 13.6. The van der Waals surface area contributed by atoms with E-state index >= 15 is 0 Å². The first-order chi connectivity index (χ1) is 9.51. The van der Waals surface area contributed by atoms with Crippen LogP contribution in [0.2, 0.25) is 5.02 Å². The second kappa shape index (κ2) is 6.15. The van der Waals surface area contributed by atoms with Crippen LogP contribution in [0, 0.1) is 5.82 Å². The van der Waals surface area contributed by atoms with Gasteiger partial charge in [-0.2, -0.15) is 0 Å². The van der Waals surface area contributed by atoms with Gasteiger partial charge in [0, 0.05) is 9.90 Å². The van der Waals surface area contributed by atoms with Crippen LogP contribution in [0.3, 0.4) is 0 Å². The average Bonchev–Trinajstić information content (AvgIpc) is 2.89. The largest absolute Gasteiger partial charge is 0.469 e. The summed E-state index contributed by atoms with van der Waals surface area (Å²) in [5.74, 6) is -1.46. The maximum absolute atomic E-state index is 13.6. The van der Waals surface area contributed by atoms with Gasteiger partial charge in [0.05, 0.1) is 24.0 Å². The fraction of sp³-hybridized carbons (Fsp3) is 0.143. The first kappa shape index (κ1) is 14.7. The number of carbonyl (C=O) groups is 2. The summed E-state index contributed by atoms with van der Waals surface area (Å²) in [6.07, 6.45) is 0.0898. The van der Waals surface area contributed by atoms with E-state index in [9.17, 15) is 14.0 Å². The number of rotatable bonds is 4. The van der Waals surface area contributed by atoms with Gasteiger partial charge in [-0.3, -0.25) is 9.59 Å². The van der Waals surface area contributed by atoms with Crippen LogP contribution >= 0.6 is 22.9 Å². The minimum absolute atomic E-state index is 0.0797. The molecule has 3 nitrogen and oxygen atoms in total. The number of hydrogen-bond acceptors (Lipinski definition) is 4. The summed E-state index contributed by atoms with van der Waals surface area (Å²) < 4.78 is 18.2. The average molecular weight is 313 g/mol. The molecule has 20 heavy (non-hydrogen) atoms. The molecule has 0 spiro atoms. The highest BCUT2D eigenvalue weighted by Gasteiger charge is 2.17. The van der Waals surface area contributed by atoms with Crippen LogP contribution in [0.5, 0.6) is 0 Å². The fourth-order valence-electron chi connectivity index (χ4n) is 1.61. The number of hydrogen-bond donors (Lipinski definition) is 0. The Morgan fingerprint density at radius 3 is 2.75 bits per heavy atom. The van der Waals surface area contributed by atoms with E-state index in [2.05, 4.69) is 4.74 Å². The fourth-order valence-corrected chi connectivity index (χ4v) is 2.73. The molecule has 0 atom stereocenters. The molecule has 0 fully saturated rings. The summed E-state index contributed by atoms with van der Waals surface area (Å²) in [6.45, 7) is 0. The van der Waals surface area contributed by atoms with E-state index in [4.69, 9.17) is 11.6 Å². The van der Waals surface area contributed by atoms with Crippen LogP contribution in [0.25, 0.3) is 0 Å². The summed E-state index contributed by atoms with van der Waals surface area (Å²) in [4.78, 5) is 24.4. The first-order valence-electron chi connectivity index (χ1n) is 5.66. The number of halogens is 2. The normalized spacial score (nSPS) is 10.3. The number of carbonyl (C=O) groups excluding carboxylic acids is 2. The predicted molar refractivity (Wildman–Crippen MR) is 74.9 cm³/mol. The number of methoxy groups -OCH3 is 1. The number of ether oxygens (including phenoxy) is 1. The third kappa shape index (κ3) is 3.23. The van der Waals surface area contributed by atoms with Gasteiger partial charge in [-0.15, -0.1) is 11.3 Å². The molecule has 0 aliphatic carbocycles. The smallest absolute Gasteiger partial charge is 0.310 e. The van der Waals surface area contributed by atoms with Crippen molar-refractivity contribution in [3.05, 3.63) is 56.5 Å². The third-order valence-electron chi connectivity index (χ3n) is 2.60. The molecule has 6 heteroatoms. The lowest BCUT2D eigenvalue weighted by Gasteiger charge is -2.01. The molecule has 1 heterocycles. The molecule has 0 radical (unpaired) electrons. The molecule has 1 aromatic carbocycles. The van der Waals surface area contributed by atoms with E-state index in [0.717, 1.165) is 17.4 Å². The molecular formula is C14H10ClFO3S. The molecule has 2 aromatic rings. The Morgan fingerprint density at radius 1 is 1.30 bits per heavy atom. The molecule has 0 bridgehead atoms. The molecule has 0 unspecified atom stereocenters. The Kier molecular flexibility index (Phi) is 4.52. The molecule has 0 aliphatic rings. The SMILES string of the molecule is COC(=O)Cc1ccc(C(=O)c2cc(Cl)ccc2F)s1. The van der Waals surface area contributed by atoms with Crippen molar-refractivity contribution < 1.29 is 18.7 Å². The highest BCUT2D eigenvalue weighted by atomic mass is 35.5. The lowest BCUT2D eigenvalue weighted by atomic mass is 10.1. The zero-order valence-electron chi connectivity index (χ0n) is 10.5. The highest BCUT2D eigenvalue weighted by molar-refractivity contribution is 7.14. The van der Waals surface area contributed by atoms with Gasteiger partial charge in [-0.05, 0) is 30.3 Å². The van der Waals surface area contributed by atoms with E-state index < -0.39 is 11.6 Å². The Hall–Kier alpha value is -1.72. The standard InChI is InChI=1S/C14H10ClFO3S/c1-19-13(17)7-9-3-5-12(20-9)14(18)10-6-8(15)2-4-11(10)16/h2-6H,7H2,1H3. The number of ketones is 1. The number of esters is 1. The van der Waals surface area contributed by atoms with E-state index in [-0.39, 0.29) is 18.0 Å². The predicted octanol–water partition coefficient (Wildman–Crippen LogP) is 3.49. The molecule has 1 aromatic heterocycles. The Labute approximate surface area is 123 Å². The van der Waals surface area contributed by atoms with Gasteiger partial charge in [0.2, 0.25) is 5.78 Å². The summed E-state index contributed by atoms with van der Waals surface area (Å²) >= 11 is 6.90. The zero-order valence-corrected chi connectivity index (χ0v) is 12.1. The Balaban J connectivity index is 2.25. The number of thiophene rings is 1. The lowest BCUT2D eigenvalue weighted by Crippen LogP contribution is -2.03. The van der Waals surface area contributed by atoms with Crippen LogP contribution in [-0.2, 0) is 16.0 Å². The van der Waals surface area contributed by atoms with Gasteiger partial charge in [0.1, 0.15) is 5.82 Å². The summed E-state index contributed by atoms with van der Waals surface area (Å²) in [7, 11) is 1.29. The molecule has 0 aliphatic heterocycles. The summed E-state index contributed by atoms with van der Waals surface area (Å²) in [6, 6.07) is 7.03. The molecule has 0 saturated heterocycles. The van der Waals surface area contributed by atoms with Gasteiger partial charge < -0.3 is 4.74 Å². The molecule has 0 amide bonds. The Morgan fingerprint density at radius 2 is 2.05 bits per heavy atom. The van der Waals surface area contributed by atoms with Crippen molar-refractivity contribution in [1.29, 1.82) is 0 Å². The zero-order chi connectivity index (χ0) is 14.7. The minimum Gasteiger partial charge on any atom is -0.469 e. The Bertz CT molecular complexity index is 666. The molecule has 0 N–H and O–H groups in total. The van der Waals surface area contributed by atoms with E-state index in [1.165, 1.54) is 19.2 Å².